The average molecular weight is 867 g/mol. The molecule has 12 aromatic rings. The van der Waals surface area contributed by atoms with Gasteiger partial charge in [0, 0.05) is 33.4 Å². The Morgan fingerprint density at radius 3 is 1.15 bits per heavy atom. The fourth-order valence-electron chi connectivity index (χ4n) is 9.98. The largest absolute Gasteiger partial charge is 0.310 e. The molecule has 2 heteroatoms. The molecule has 0 spiro atoms. The Kier molecular flexibility index (Phi) is 10.6. The Morgan fingerprint density at radius 1 is 0.250 bits per heavy atom. The van der Waals surface area contributed by atoms with E-state index in [2.05, 4.69) is 289 Å². The van der Waals surface area contributed by atoms with Gasteiger partial charge in [-0.05, 0) is 134 Å². The van der Waals surface area contributed by atoms with E-state index in [0.717, 1.165) is 56.1 Å². The van der Waals surface area contributed by atoms with E-state index in [0.29, 0.717) is 0 Å². The summed E-state index contributed by atoms with van der Waals surface area (Å²) in [6.45, 7) is 0. The number of hydrogen-bond acceptors (Lipinski definition) is 1. The van der Waals surface area contributed by atoms with E-state index in [1.807, 2.05) is 0 Å². The summed E-state index contributed by atoms with van der Waals surface area (Å²) in [6, 6.07) is 101. The lowest BCUT2D eigenvalue weighted by atomic mass is 9.93. The minimum Gasteiger partial charge on any atom is -0.310 e. The van der Waals surface area contributed by atoms with Crippen molar-refractivity contribution in [3.05, 3.63) is 279 Å². The summed E-state index contributed by atoms with van der Waals surface area (Å²) in [5.74, 6) is 0. The van der Waals surface area contributed by atoms with Gasteiger partial charge in [-0.1, -0.05) is 206 Å². The molecule has 0 fully saturated rings. The molecule has 320 valence electrons. The van der Waals surface area contributed by atoms with E-state index in [4.69, 9.17) is 0 Å². The van der Waals surface area contributed by atoms with Crippen LogP contribution in [0.25, 0.3) is 94.3 Å². The van der Waals surface area contributed by atoms with Gasteiger partial charge in [0.05, 0.1) is 16.7 Å². The van der Waals surface area contributed by atoms with Gasteiger partial charge in [0.2, 0.25) is 0 Å². The van der Waals surface area contributed by atoms with E-state index in [9.17, 15) is 0 Å². The number of aromatic nitrogens is 1. The van der Waals surface area contributed by atoms with E-state index in [1.165, 1.54) is 55.2 Å². The summed E-state index contributed by atoms with van der Waals surface area (Å²) >= 11 is 0. The summed E-state index contributed by atoms with van der Waals surface area (Å²) in [4.78, 5) is 2.48. The predicted octanol–water partition coefficient (Wildman–Crippen LogP) is 18.3. The highest BCUT2D eigenvalue weighted by molar-refractivity contribution is 6.16. The number of para-hydroxylation sites is 3. The number of rotatable bonds is 10. The molecular formula is C66H46N2. The van der Waals surface area contributed by atoms with Crippen LogP contribution in [0.5, 0.6) is 0 Å². The molecule has 11 aromatic carbocycles. The maximum atomic E-state index is 2.48. The van der Waals surface area contributed by atoms with Crippen molar-refractivity contribution in [1.29, 1.82) is 0 Å². The Hall–Kier alpha value is -8.98. The Labute approximate surface area is 397 Å². The van der Waals surface area contributed by atoms with Crippen LogP contribution in [-0.2, 0) is 0 Å². The van der Waals surface area contributed by atoms with Crippen LogP contribution < -0.4 is 4.90 Å². The van der Waals surface area contributed by atoms with Crippen molar-refractivity contribution in [2.75, 3.05) is 4.90 Å². The zero-order valence-electron chi connectivity index (χ0n) is 37.5. The van der Waals surface area contributed by atoms with Crippen LogP contribution >= 0.6 is 0 Å². The third kappa shape index (κ3) is 7.64. The predicted molar refractivity (Wildman–Crippen MR) is 288 cm³/mol. The maximum absolute atomic E-state index is 2.48. The van der Waals surface area contributed by atoms with Gasteiger partial charge in [0.15, 0.2) is 0 Å². The maximum Gasteiger partial charge on any atom is 0.0547 e. The van der Waals surface area contributed by atoms with Gasteiger partial charge in [-0.3, -0.25) is 0 Å². The minimum absolute atomic E-state index is 1.07. The van der Waals surface area contributed by atoms with Crippen molar-refractivity contribution in [3.63, 3.8) is 0 Å². The van der Waals surface area contributed by atoms with Gasteiger partial charge in [0.1, 0.15) is 0 Å². The SMILES string of the molecule is c1ccc(-c2cc(-c3ccccc3)cc(N(c3cc(-c4ccccc4)cc(-c4ccccc4)c3)c3ccccc3-c3cccc(-c4cccc5c4c4ccccc4n5-c4ccccc4)c3)c2)cc1. The smallest absolute Gasteiger partial charge is 0.0547 e. The van der Waals surface area contributed by atoms with E-state index >= 15 is 0 Å². The second kappa shape index (κ2) is 17.8. The van der Waals surface area contributed by atoms with Gasteiger partial charge in [-0.25, -0.2) is 0 Å². The summed E-state index contributed by atoms with van der Waals surface area (Å²) < 4.78 is 2.39. The van der Waals surface area contributed by atoms with Gasteiger partial charge < -0.3 is 9.47 Å². The molecule has 0 radical (unpaired) electrons. The highest BCUT2D eigenvalue weighted by atomic mass is 15.1. The standard InChI is InChI=1S/C66H46N2/c1-6-22-47(23-7-1)53-41-54(48-24-8-2-9-25-48)44-58(43-53)67(59-45-55(49-26-10-3-11-27-49)42-56(46-59)50-28-12-4-13-29-50)63-37-18-16-34-60(63)51-30-20-31-52(40-51)61-36-21-39-65-66(61)62-35-17-19-38-64(62)68(65)57-32-14-5-15-33-57/h1-46H. The molecule has 1 aromatic heterocycles. The molecule has 2 nitrogen and oxygen atoms in total. The van der Waals surface area contributed by atoms with Crippen LogP contribution in [0.1, 0.15) is 0 Å². The summed E-state index contributed by atoms with van der Waals surface area (Å²) in [6.07, 6.45) is 0. The van der Waals surface area contributed by atoms with Crippen LogP contribution in [0.4, 0.5) is 17.1 Å². The van der Waals surface area contributed by atoms with Crippen molar-refractivity contribution in [1.82, 2.24) is 4.57 Å². The molecule has 0 aliphatic carbocycles. The summed E-state index contributed by atoms with van der Waals surface area (Å²) in [5, 5.41) is 2.48. The fourth-order valence-corrected chi connectivity index (χ4v) is 9.98. The zero-order chi connectivity index (χ0) is 45.2. The Bertz CT molecular complexity index is 3470. The molecule has 0 atom stereocenters. The molecule has 0 N–H and O–H groups in total. The fraction of sp³-hybridized carbons (Fsp3) is 0. The molecule has 12 rings (SSSR count). The van der Waals surface area contributed by atoms with Gasteiger partial charge >= 0.3 is 0 Å². The van der Waals surface area contributed by atoms with Crippen molar-refractivity contribution in [2.24, 2.45) is 0 Å². The zero-order valence-corrected chi connectivity index (χ0v) is 37.5. The highest BCUT2D eigenvalue weighted by Gasteiger charge is 2.22. The third-order valence-corrected chi connectivity index (χ3v) is 13.1. The van der Waals surface area contributed by atoms with Crippen LogP contribution in [0.3, 0.4) is 0 Å². The third-order valence-electron chi connectivity index (χ3n) is 13.1. The monoisotopic (exact) mass is 866 g/mol. The minimum atomic E-state index is 1.07. The molecule has 0 aliphatic heterocycles. The summed E-state index contributed by atoms with van der Waals surface area (Å²) in [7, 11) is 0. The first-order valence-corrected chi connectivity index (χ1v) is 23.3. The van der Waals surface area contributed by atoms with Gasteiger partial charge in [0.25, 0.3) is 0 Å². The molecule has 0 aliphatic rings. The number of fused-ring (bicyclic) bond motifs is 3. The second-order valence-electron chi connectivity index (χ2n) is 17.3. The number of benzene rings is 11. The van der Waals surface area contributed by atoms with Crippen molar-refractivity contribution >= 4 is 38.9 Å². The Balaban J connectivity index is 1.10. The van der Waals surface area contributed by atoms with Crippen LogP contribution in [-0.4, -0.2) is 4.57 Å². The lowest BCUT2D eigenvalue weighted by molar-refractivity contribution is 1.18. The van der Waals surface area contributed by atoms with Crippen molar-refractivity contribution in [3.8, 4) is 72.4 Å². The van der Waals surface area contributed by atoms with Crippen LogP contribution in [0, 0.1) is 0 Å². The topological polar surface area (TPSA) is 8.17 Å². The number of nitrogens with zero attached hydrogens (tertiary/aromatic N) is 2. The van der Waals surface area contributed by atoms with E-state index < -0.39 is 0 Å². The molecule has 0 bridgehead atoms. The van der Waals surface area contributed by atoms with E-state index in [-0.39, 0.29) is 0 Å². The quantitative estimate of drug-likeness (QED) is 0.133. The molecule has 0 saturated carbocycles. The molecule has 1 heterocycles. The first kappa shape index (κ1) is 40.5. The molecule has 0 saturated heterocycles. The second-order valence-corrected chi connectivity index (χ2v) is 17.3. The lowest BCUT2D eigenvalue weighted by Gasteiger charge is -2.30. The Morgan fingerprint density at radius 2 is 0.618 bits per heavy atom. The average Bonchev–Trinajstić information content (AvgIpc) is 3.77. The molecule has 0 unspecified atom stereocenters. The molecule has 0 amide bonds. The van der Waals surface area contributed by atoms with Crippen molar-refractivity contribution < 1.29 is 0 Å². The van der Waals surface area contributed by atoms with Gasteiger partial charge in [-0.2, -0.15) is 0 Å². The van der Waals surface area contributed by atoms with Gasteiger partial charge in [-0.15, -0.1) is 0 Å². The molecule has 68 heavy (non-hydrogen) atoms. The first-order chi connectivity index (χ1) is 33.7. The number of anilines is 3. The normalized spacial score (nSPS) is 11.2. The molecular weight excluding hydrogens is 821 g/mol. The van der Waals surface area contributed by atoms with Crippen LogP contribution in [0.15, 0.2) is 279 Å². The number of hydrogen-bond donors (Lipinski definition) is 0. The highest BCUT2D eigenvalue weighted by Crippen LogP contribution is 2.47. The van der Waals surface area contributed by atoms with Crippen LogP contribution in [0.2, 0.25) is 0 Å². The lowest BCUT2D eigenvalue weighted by Crippen LogP contribution is -2.12. The first-order valence-electron chi connectivity index (χ1n) is 23.3. The van der Waals surface area contributed by atoms with Crippen molar-refractivity contribution in [2.45, 2.75) is 0 Å². The van der Waals surface area contributed by atoms with E-state index in [1.54, 1.807) is 0 Å². The summed E-state index contributed by atoms with van der Waals surface area (Å²) in [5.41, 5.74) is 20.6.